The molecular formula is C14H17N3O. The molecule has 1 aromatic carbocycles. The van der Waals surface area contributed by atoms with Gasteiger partial charge in [-0.1, -0.05) is 30.3 Å². The third-order valence-corrected chi connectivity index (χ3v) is 3.49. The molecule has 2 aliphatic heterocycles. The number of benzene rings is 1. The molecule has 94 valence electrons. The van der Waals surface area contributed by atoms with Gasteiger partial charge in [0.2, 0.25) is 0 Å². The van der Waals surface area contributed by atoms with Crippen molar-refractivity contribution >= 4 is 0 Å². The molecule has 1 aromatic rings. The molecule has 2 unspecified atom stereocenters. The summed E-state index contributed by atoms with van der Waals surface area (Å²) < 4.78 is 0. The minimum Gasteiger partial charge on any atom is -0.395 e. The summed E-state index contributed by atoms with van der Waals surface area (Å²) in [5.41, 5.74) is 5.77. The van der Waals surface area contributed by atoms with E-state index in [0.717, 1.165) is 6.42 Å². The van der Waals surface area contributed by atoms with Gasteiger partial charge in [0.1, 0.15) is 0 Å². The Bertz CT molecular complexity index is 469. The zero-order valence-corrected chi connectivity index (χ0v) is 10.1. The average Bonchev–Trinajstić information content (AvgIpc) is 2.78. The van der Waals surface area contributed by atoms with E-state index in [0.29, 0.717) is 0 Å². The molecule has 0 bridgehead atoms. The molecule has 2 aliphatic rings. The Labute approximate surface area is 107 Å². The summed E-state index contributed by atoms with van der Waals surface area (Å²) in [6.07, 6.45) is 6.74. The first-order valence-corrected chi connectivity index (χ1v) is 6.21. The summed E-state index contributed by atoms with van der Waals surface area (Å²) in [6.45, 7) is 0.138. The molecule has 3 rings (SSSR count). The topological polar surface area (TPSA) is 47.5 Å². The number of nitrogens with one attached hydrogen (secondary N) is 2. The third-order valence-electron chi connectivity index (χ3n) is 3.49. The Morgan fingerprint density at radius 3 is 2.83 bits per heavy atom. The van der Waals surface area contributed by atoms with Crippen molar-refractivity contribution in [1.82, 2.24) is 15.8 Å². The van der Waals surface area contributed by atoms with Crippen LogP contribution in [0.5, 0.6) is 0 Å². The maximum absolute atomic E-state index is 9.50. The van der Waals surface area contributed by atoms with Crippen LogP contribution >= 0.6 is 0 Å². The molecule has 4 heteroatoms. The number of rotatable bonds is 3. The first-order chi connectivity index (χ1) is 8.88. The van der Waals surface area contributed by atoms with Crippen LogP contribution in [0.1, 0.15) is 5.56 Å². The zero-order chi connectivity index (χ0) is 12.4. The lowest BCUT2D eigenvalue weighted by atomic mass is 9.91. The predicted octanol–water partition coefficient (Wildman–Crippen LogP) is 0.942. The van der Waals surface area contributed by atoms with Gasteiger partial charge in [-0.3, -0.25) is 5.01 Å². The zero-order valence-electron chi connectivity index (χ0n) is 10.1. The van der Waals surface area contributed by atoms with Crippen molar-refractivity contribution < 1.29 is 5.11 Å². The maximum Gasteiger partial charge on any atom is 0.0609 e. The van der Waals surface area contributed by atoms with Crippen molar-refractivity contribution in [3.63, 3.8) is 0 Å². The van der Waals surface area contributed by atoms with Gasteiger partial charge in [0.25, 0.3) is 0 Å². The van der Waals surface area contributed by atoms with Crippen molar-refractivity contribution in [3.05, 3.63) is 60.2 Å². The highest BCUT2D eigenvalue weighted by molar-refractivity contribution is 5.24. The van der Waals surface area contributed by atoms with E-state index in [2.05, 4.69) is 35.0 Å². The van der Waals surface area contributed by atoms with Crippen LogP contribution in [-0.2, 0) is 6.42 Å². The van der Waals surface area contributed by atoms with Crippen LogP contribution in [0.4, 0.5) is 0 Å². The second kappa shape index (κ2) is 4.84. The van der Waals surface area contributed by atoms with Crippen molar-refractivity contribution in [2.45, 2.75) is 12.5 Å². The highest BCUT2D eigenvalue weighted by Gasteiger charge is 2.36. The largest absolute Gasteiger partial charge is 0.395 e. The Hall–Kier alpha value is -1.78. The molecule has 0 spiro atoms. The minimum absolute atomic E-state index is 0.0704. The molecule has 3 N–H and O–H groups in total. The summed E-state index contributed by atoms with van der Waals surface area (Å²) in [5, 5.41) is 14.6. The summed E-state index contributed by atoms with van der Waals surface area (Å²) in [5.74, 6) is 0.287. The number of aliphatic hydroxyl groups excluding tert-OH is 1. The lowest BCUT2D eigenvalue weighted by Crippen LogP contribution is -2.36. The summed E-state index contributed by atoms with van der Waals surface area (Å²) >= 11 is 0. The number of hydrogen-bond donors (Lipinski definition) is 3. The molecule has 4 nitrogen and oxygen atoms in total. The van der Waals surface area contributed by atoms with Gasteiger partial charge in [0.05, 0.1) is 18.3 Å². The summed E-state index contributed by atoms with van der Waals surface area (Å²) in [4.78, 5) is 0. The molecule has 0 aromatic heterocycles. The van der Waals surface area contributed by atoms with Crippen LogP contribution in [0.2, 0.25) is 0 Å². The van der Waals surface area contributed by atoms with Crippen LogP contribution in [0.15, 0.2) is 54.6 Å². The van der Waals surface area contributed by atoms with Crippen molar-refractivity contribution in [1.29, 1.82) is 0 Å². The maximum atomic E-state index is 9.50. The predicted molar refractivity (Wildman–Crippen MR) is 69.8 cm³/mol. The van der Waals surface area contributed by atoms with Crippen LogP contribution in [-0.4, -0.2) is 22.8 Å². The van der Waals surface area contributed by atoms with E-state index in [4.69, 9.17) is 0 Å². The van der Waals surface area contributed by atoms with Gasteiger partial charge in [0.15, 0.2) is 0 Å². The lowest BCUT2D eigenvalue weighted by Gasteiger charge is -2.20. The fourth-order valence-electron chi connectivity index (χ4n) is 2.57. The highest BCUT2D eigenvalue weighted by Crippen LogP contribution is 2.30. The number of hydrazine groups is 1. The van der Waals surface area contributed by atoms with Crippen LogP contribution in [0.25, 0.3) is 0 Å². The summed E-state index contributed by atoms with van der Waals surface area (Å²) in [7, 11) is 0. The molecule has 0 saturated carbocycles. The number of aliphatic hydroxyl groups is 1. The molecule has 18 heavy (non-hydrogen) atoms. The monoisotopic (exact) mass is 243 g/mol. The smallest absolute Gasteiger partial charge is 0.0609 e. The van der Waals surface area contributed by atoms with Gasteiger partial charge in [-0.15, -0.1) is 0 Å². The summed E-state index contributed by atoms with van der Waals surface area (Å²) in [6, 6.07) is 10.5. The highest BCUT2D eigenvalue weighted by atomic mass is 16.3. The lowest BCUT2D eigenvalue weighted by molar-refractivity contribution is 0.211. The van der Waals surface area contributed by atoms with E-state index in [1.807, 2.05) is 29.7 Å². The van der Waals surface area contributed by atoms with E-state index in [1.165, 1.54) is 11.3 Å². The number of hydrogen-bond acceptors (Lipinski definition) is 4. The van der Waals surface area contributed by atoms with E-state index in [-0.39, 0.29) is 18.6 Å². The number of fused-ring (bicyclic) bond motifs is 1. The van der Waals surface area contributed by atoms with Crippen molar-refractivity contribution in [3.8, 4) is 0 Å². The Morgan fingerprint density at radius 1 is 1.22 bits per heavy atom. The number of nitrogens with zero attached hydrogens (tertiary/aromatic N) is 1. The van der Waals surface area contributed by atoms with Gasteiger partial charge in [0, 0.05) is 24.5 Å². The Kier molecular flexibility index (Phi) is 3.04. The molecule has 0 amide bonds. The van der Waals surface area contributed by atoms with Crippen LogP contribution < -0.4 is 10.7 Å². The molecule has 1 saturated heterocycles. The van der Waals surface area contributed by atoms with Gasteiger partial charge < -0.3 is 10.4 Å². The molecule has 2 atom stereocenters. The third kappa shape index (κ3) is 2.00. The van der Waals surface area contributed by atoms with Gasteiger partial charge in [-0.05, 0) is 12.0 Å². The fraction of sp³-hybridized carbons (Fsp3) is 0.286. The SMILES string of the molecule is OCC1NN2C=CNC=C2C1Cc1ccccc1. The molecule has 0 radical (unpaired) electrons. The average molecular weight is 243 g/mol. The minimum atomic E-state index is 0.0704. The van der Waals surface area contributed by atoms with Gasteiger partial charge in [-0.25, -0.2) is 5.43 Å². The van der Waals surface area contributed by atoms with Crippen molar-refractivity contribution in [2.75, 3.05) is 6.61 Å². The van der Waals surface area contributed by atoms with Crippen LogP contribution in [0.3, 0.4) is 0 Å². The van der Waals surface area contributed by atoms with Crippen LogP contribution in [0, 0.1) is 5.92 Å². The molecular weight excluding hydrogens is 226 g/mol. The van der Waals surface area contributed by atoms with Crippen molar-refractivity contribution in [2.24, 2.45) is 5.92 Å². The first kappa shape index (κ1) is 11.3. The van der Waals surface area contributed by atoms with E-state index in [9.17, 15) is 5.11 Å². The quantitative estimate of drug-likeness (QED) is 0.739. The molecule has 0 aliphatic carbocycles. The van der Waals surface area contributed by atoms with E-state index in [1.54, 1.807) is 0 Å². The Balaban J connectivity index is 1.82. The normalized spacial score (nSPS) is 25.6. The fourth-order valence-corrected chi connectivity index (χ4v) is 2.57. The van der Waals surface area contributed by atoms with E-state index < -0.39 is 0 Å². The van der Waals surface area contributed by atoms with E-state index >= 15 is 0 Å². The Morgan fingerprint density at radius 2 is 2.06 bits per heavy atom. The molecule has 2 heterocycles. The second-order valence-corrected chi connectivity index (χ2v) is 4.64. The van der Waals surface area contributed by atoms with Gasteiger partial charge >= 0.3 is 0 Å². The molecule has 1 fully saturated rings. The first-order valence-electron chi connectivity index (χ1n) is 6.21. The van der Waals surface area contributed by atoms with Gasteiger partial charge in [-0.2, -0.15) is 0 Å². The second-order valence-electron chi connectivity index (χ2n) is 4.64. The standard InChI is InChI=1S/C14H17N3O/c18-10-13-12(8-11-4-2-1-3-5-11)14-9-15-6-7-17(14)16-13/h1-7,9,12-13,15-16,18H,8,10H2.